The standard InChI is InChI=1S/C14H10Cl2N6O/c1-8-4-10(2-3-12(8)22-7-18-20-21-22)19-14(23)9-5-11(15)13(16)17-6-9/h2-7H,1H3,(H,19,23). The summed E-state index contributed by atoms with van der Waals surface area (Å²) in [6.45, 7) is 1.90. The Morgan fingerprint density at radius 3 is 2.74 bits per heavy atom. The Hall–Kier alpha value is -2.51. The molecule has 0 atom stereocenters. The van der Waals surface area contributed by atoms with Gasteiger partial charge in [-0.15, -0.1) is 5.10 Å². The molecule has 0 spiro atoms. The van der Waals surface area contributed by atoms with Crippen LogP contribution >= 0.6 is 23.2 Å². The van der Waals surface area contributed by atoms with E-state index in [4.69, 9.17) is 23.2 Å². The van der Waals surface area contributed by atoms with Crippen molar-refractivity contribution in [1.29, 1.82) is 0 Å². The van der Waals surface area contributed by atoms with Gasteiger partial charge < -0.3 is 5.32 Å². The van der Waals surface area contributed by atoms with Gasteiger partial charge in [-0.1, -0.05) is 23.2 Å². The summed E-state index contributed by atoms with van der Waals surface area (Å²) in [7, 11) is 0. The van der Waals surface area contributed by atoms with Gasteiger partial charge in [-0.2, -0.15) is 0 Å². The van der Waals surface area contributed by atoms with Crippen LogP contribution in [-0.4, -0.2) is 31.1 Å². The highest BCUT2D eigenvalue weighted by Gasteiger charge is 2.11. The first-order valence-corrected chi connectivity index (χ1v) is 7.26. The van der Waals surface area contributed by atoms with Crippen LogP contribution in [0.2, 0.25) is 10.2 Å². The molecule has 3 aromatic rings. The maximum Gasteiger partial charge on any atom is 0.257 e. The van der Waals surface area contributed by atoms with E-state index in [1.54, 1.807) is 10.7 Å². The van der Waals surface area contributed by atoms with Crippen LogP contribution in [0, 0.1) is 6.92 Å². The number of pyridine rings is 1. The molecule has 0 aliphatic heterocycles. The minimum atomic E-state index is -0.328. The third-order valence-electron chi connectivity index (χ3n) is 3.11. The predicted octanol–water partition coefficient (Wildman–Crippen LogP) is 2.92. The van der Waals surface area contributed by atoms with Crippen LogP contribution in [-0.2, 0) is 0 Å². The number of aryl methyl sites for hydroxylation is 1. The molecule has 2 heterocycles. The number of nitrogens with one attached hydrogen (secondary N) is 1. The second-order valence-electron chi connectivity index (χ2n) is 4.71. The van der Waals surface area contributed by atoms with Gasteiger partial charge in [0.2, 0.25) is 0 Å². The fraction of sp³-hybridized carbons (Fsp3) is 0.0714. The Kier molecular flexibility index (Phi) is 4.22. The van der Waals surface area contributed by atoms with Gasteiger partial charge in [0.1, 0.15) is 11.5 Å². The van der Waals surface area contributed by atoms with E-state index in [1.807, 2.05) is 19.1 Å². The summed E-state index contributed by atoms with van der Waals surface area (Å²) in [6.07, 6.45) is 2.87. The Morgan fingerprint density at radius 2 is 2.09 bits per heavy atom. The lowest BCUT2D eigenvalue weighted by atomic mass is 10.1. The van der Waals surface area contributed by atoms with E-state index in [0.29, 0.717) is 11.3 Å². The average Bonchev–Trinajstić information content (AvgIpc) is 3.04. The van der Waals surface area contributed by atoms with Gasteiger partial charge in [-0.25, -0.2) is 9.67 Å². The van der Waals surface area contributed by atoms with Crippen molar-refractivity contribution in [2.45, 2.75) is 6.92 Å². The number of halogens is 2. The summed E-state index contributed by atoms with van der Waals surface area (Å²) in [4.78, 5) is 16.1. The van der Waals surface area contributed by atoms with Crippen molar-refractivity contribution < 1.29 is 4.79 Å². The minimum absolute atomic E-state index is 0.157. The molecule has 1 N–H and O–H groups in total. The second-order valence-corrected chi connectivity index (χ2v) is 5.47. The lowest BCUT2D eigenvalue weighted by molar-refractivity contribution is 0.102. The first-order valence-electron chi connectivity index (χ1n) is 6.51. The van der Waals surface area contributed by atoms with Crippen molar-refractivity contribution in [2.75, 3.05) is 5.32 Å². The molecule has 0 fully saturated rings. The monoisotopic (exact) mass is 348 g/mol. The van der Waals surface area contributed by atoms with Crippen molar-refractivity contribution in [3.8, 4) is 5.69 Å². The number of anilines is 1. The first-order chi connectivity index (χ1) is 11.0. The summed E-state index contributed by atoms with van der Waals surface area (Å²) in [6, 6.07) is 6.86. The maximum absolute atomic E-state index is 12.2. The highest BCUT2D eigenvalue weighted by Crippen LogP contribution is 2.21. The lowest BCUT2D eigenvalue weighted by Gasteiger charge is -2.09. The quantitative estimate of drug-likeness (QED) is 0.735. The molecule has 0 unspecified atom stereocenters. The zero-order chi connectivity index (χ0) is 16.4. The van der Waals surface area contributed by atoms with E-state index in [2.05, 4.69) is 25.8 Å². The Balaban J connectivity index is 1.81. The zero-order valence-corrected chi connectivity index (χ0v) is 13.4. The van der Waals surface area contributed by atoms with Crippen LogP contribution in [0.3, 0.4) is 0 Å². The maximum atomic E-state index is 12.2. The molecule has 0 radical (unpaired) electrons. The average molecular weight is 349 g/mol. The van der Waals surface area contributed by atoms with Crippen LogP contribution in [0.4, 0.5) is 5.69 Å². The molecule has 3 rings (SSSR count). The van der Waals surface area contributed by atoms with E-state index < -0.39 is 0 Å². The number of benzene rings is 1. The fourth-order valence-electron chi connectivity index (χ4n) is 2.01. The minimum Gasteiger partial charge on any atom is -0.322 e. The number of aromatic nitrogens is 5. The number of carbonyl (C=O) groups is 1. The molecule has 7 nitrogen and oxygen atoms in total. The smallest absolute Gasteiger partial charge is 0.257 e. The van der Waals surface area contributed by atoms with Crippen LogP contribution in [0.15, 0.2) is 36.8 Å². The van der Waals surface area contributed by atoms with E-state index in [-0.39, 0.29) is 16.1 Å². The van der Waals surface area contributed by atoms with Crippen LogP contribution in [0.25, 0.3) is 5.69 Å². The summed E-state index contributed by atoms with van der Waals surface area (Å²) in [5.74, 6) is -0.328. The molecule has 1 aromatic carbocycles. The van der Waals surface area contributed by atoms with Crippen molar-refractivity contribution in [3.63, 3.8) is 0 Å². The number of hydrogen-bond acceptors (Lipinski definition) is 5. The Morgan fingerprint density at radius 1 is 1.26 bits per heavy atom. The SMILES string of the molecule is Cc1cc(NC(=O)c2cnc(Cl)c(Cl)c2)ccc1-n1cnnn1. The molecule has 0 aliphatic rings. The Labute approximate surface area is 141 Å². The van der Waals surface area contributed by atoms with E-state index >= 15 is 0 Å². The summed E-state index contributed by atoms with van der Waals surface area (Å²) in [5, 5.41) is 14.2. The number of nitrogens with zero attached hydrogens (tertiary/aromatic N) is 5. The molecule has 2 aromatic heterocycles. The summed E-state index contributed by atoms with van der Waals surface area (Å²) < 4.78 is 1.55. The molecular formula is C14H10Cl2N6O. The Bertz CT molecular complexity index is 866. The summed E-state index contributed by atoms with van der Waals surface area (Å²) in [5.41, 5.74) is 2.68. The third-order valence-corrected chi connectivity index (χ3v) is 3.80. The van der Waals surface area contributed by atoms with Crippen molar-refractivity contribution in [3.05, 3.63) is 58.1 Å². The molecule has 0 aliphatic carbocycles. The highest BCUT2D eigenvalue weighted by atomic mass is 35.5. The van der Waals surface area contributed by atoms with Crippen LogP contribution in [0.5, 0.6) is 0 Å². The number of hydrogen-bond donors (Lipinski definition) is 1. The molecule has 0 saturated carbocycles. The molecule has 0 saturated heterocycles. The third kappa shape index (κ3) is 3.30. The van der Waals surface area contributed by atoms with Gasteiger partial charge in [-0.3, -0.25) is 4.79 Å². The fourth-order valence-corrected chi connectivity index (χ4v) is 2.28. The van der Waals surface area contributed by atoms with E-state index in [9.17, 15) is 4.79 Å². The highest BCUT2D eigenvalue weighted by molar-refractivity contribution is 6.41. The summed E-state index contributed by atoms with van der Waals surface area (Å²) >= 11 is 11.6. The molecule has 23 heavy (non-hydrogen) atoms. The van der Waals surface area contributed by atoms with Gasteiger partial charge in [0.25, 0.3) is 5.91 Å². The number of rotatable bonds is 3. The van der Waals surface area contributed by atoms with Gasteiger partial charge in [0.15, 0.2) is 0 Å². The van der Waals surface area contributed by atoms with Gasteiger partial charge >= 0.3 is 0 Å². The molecule has 9 heteroatoms. The molecule has 1 amide bonds. The van der Waals surface area contributed by atoms with E-state index in [0.717, 1.165) is 11.3 Å². The normalized spacial score (nSPS) is 10.6. The van der Waals surface area contributed by atoms with Gasteiger partial charge in [0, 0.05) is 11.9 Å². The number of tetrazole rings is 1. The first kappa shape index (κ1) is 15.4. The second kappa shape index (κ2) is 6.31. The van der Waals surface area contributed by atoms with Crippen molar-refractivity contribution >= 4 is 34.8 Å². The molecule has 0 bridgehead atoms. The predicted molar refractivity (Wildman–Crippen MR) is 86.1 cm³/mol. The van der Waals surface area contributed by atoms with Crippen molar-refractivity contribution in [1.82, 2.24) is 25.2 Å². The van der Waals surface area contributed by atoms with E-state index in [1.165, 1.54) is 18.6 Å². The molecule has 116 valence electrons. The van der Waals surface area contributed by atoms with Gasteiger partial charge in [0.05, 0.1) is 16.3 Å². The zero-order valence-electron chi connectivity index (χ0n) is 11.9. The largest absolute Gasteiger partial charge is 0.322 e. The lowest BCUT2D eigenvalue weighted by Crippen LogP contribution is -2.12. The number of carbonyl (C=O) groups excluding carboxylic acids is 1. The molecular weight excluding hydrogens is 339 g/mol. The van der Waals surface area contributed by atoms with Crippen LogP contribution in [0.1, 0.15) is 15.9 Å². The topological polar surface area (TPSA) is 85.6 Å². The van der Waals surface area contributed by atoms with Crippen molar-refractivity contribution in [2.24, 2.45) is 0 Å². The number of amides is 1. The van der Waals surface area contributed by atoms with Gasteiger partial charge in [-0.05, 0) is 47.2 Å². The van der Waals surface area contributed by atoms with Crippen LogP contribution < -0.4 is 5.32 Å².